The second-order valence-electron chi connectivity index (χ2n) is 4.51. The molecule has 1 atom stereocenters. The molecule has 19 heavy (non-hydrogen) atoms. The maximum absolute atomic E-state index is 12.6. The summed E-state index contributed by atoms with van der Waals surface area (Å²) in [5.74, 6) is 0. The monoisotopic (exact) mass is 324 g/mol. The number of hydrogen-bond donors (Lipinski definition) is 1. The number of sulfonamides is 1. The first-order chi connectivity index (χ1) is 8.48. The molecule has 1 aromatic rings. The van der Waals surface area contributed by atoms with Crippen molar-refractivity contribution in [2.75, 3.05) is 13.1 Å². The summed E-state index contributed by atoms with van der Waals surface area (Å²) in [6.45, 7) is 2.62. The molecule has 108 valence electrons. The summed E-state index contributed by atoms with van der Waals surface area (Å²) in [4.78, 5) is 0.287. The smallest absolute Gasteiger partial charge is 0.243 e. The lowest BCUT2D eigenvalue weighted by molar-refractivity contribution is 0.393. The van der Waals surface area contributed by atoms with Crippen LogP contribution in [0.2, 0.25) is 5.02 Å². The second-order valence-corrected chi connectivity index (χ2v) is 6.78. The summed E-state index contributed by atoms with van der Waals surface area (Å²) >= 11 is 5.99. The highest BCUT2D eigenvalue weighted by molar-refractivity contribution is 7.89. The molecule has 0 aliphatic carbocycles. The van der Waals surface area contributed by atoms with Crippen molar-refractivity contribution in [1.29, 1.82) is 0 Å². The highest BCUT2D eigenvalue weighted by atomic mass is 35.5. The Morgan fingerprint density at radius 3 is 2.79 bits per heavy atom. The number of halogens is 2. The molecule has 0 saturated carbocycles. The van der Waals surface area contributed by atoms with Crippen LogP contribution in [0.15, 0.2) is 23.1 Å². The molecule has 0 bridgehead atoms. The van der Waals surface area contributed by atoms with Crippen molar-refractivity contribution in [3.05, 3.63) is 28.8 Å². The standard InChI is InChI=1S/C12H17ClN2O2S.ClH/c1-9-11(13)5-2-6-12(9)18(16,17)15-7-3-4-10(15)8-14;/h2,5-6,10H,3-4,7-8,14H2,1H3;1H. The molecule has 7 heteroatoms. The highest BCUT2D eigenvalue weighted by Gasteiger charge is 2.35. The van der Waals surface area contributed by atoms with Crippen LogP contribution in [0, 0.1) is 6.92 Å². The van der Waals surface area contributed by atoms with Gasteiger partial charge < -0.3 is 5.73 Å². The van der Waals surface area contributed by atoms with E-state index in [1.54, 1.807) is 25.1 Å². The Kier molecular flexibility index (Phi) is 5.65. The largest absolute Gasteiger partial charge is 0.329 e. The van der Waals surface area contributed by atoms with Crippen molar-refractivity contribution >= 4 is 34.0 Å². The van der Waals surface area contributed by atoms with Gasteiger partial charge in [0.15, 0.2) is 0 Å². The van der Waals surface area contributed by atoms with Crippen LogP contribution in [-0.4, -0.2) is 31.9 Å². The van der Waals surface area contributed by atoms with Gasteiger partial charge in [0.05, 0.1) is 4.90 Å². The summed E-state index contributed by atoms with van der Waals surface area (Å²) in [5.41, 5.74) is 6.23. The first kappa shape index (κ1) is 16.7. The lowest BCUT2D eigenvalue weighted by atomic mass is 10.2. The minimum Gasteiger partial charge on any atom is -0.329 e. The van der Waals surface area contributed by atoms with Crippen LogP contribution in [0.5, 0.6) is 0 Å². The van der Waals surface area contributed by atoms with E-state index in [-0.39, 0.29) is 23.3 Å². The van der Waals surface area contributed by atoms with Gasteiger partial charge in [0.2, 0.25) is 10.0 Å². The van der Waals surface area contributed by atoms with E-state index in [1.807, 2.05) is 0 Å². The molecular weight excluding hydrogens is 307 g/mol. The van der Waals surface area contributed by atoms with Crippen molar-refractivity contribution in [2.45, 2.75) is 30.7 Å². The predicted octanol–water partition coefficient (Wildman–Crippen LogP) is 2.18. The lowest BCUT2D eigenvalue weighted by Crippen LogP contribution is -2.40. The minimum absolute atomic E-state index is 0. The Labute approximate surface area is 125 Å². The summed E-state index contributed by atoms with van der Waals surface area (Å²) < 4.78 is 26.7. The van der Waals surface area contributed by atoms with Gasteiger partial charge in [-0.05, 0) is 37.5 Å². The summed E-state index contributed by atoms with van der Waals surface area (Å²) in [6.07, 6.45) is 1.69. The van der Waals surface area contributed by atoms with Crippen LogP contribution in [0.3, 0.4) is 0 Å². The van der Waals surface area contributed by atoms with Gasteiger partial charge in [0, 0.05) is 24.2 Å². The van der Waals surface area contributed by atoms with Crippen molar-refractivity contribution in [3.8, 4) is 0 Å². The van der Waals surface area contributed by atoms with Crippen LogP contribution in [-0.2, 0) is 10.0 Å². The van der Waals surface area contributed by atoms with E-state index in [2.05, 4.69) is 0 Å². The van der Waals surface area contributed by atoms with Crippen molar-refractivity contribution in [3.63, 3.8) is 0 Å². The Bertz CT molecular complexity index is 549. The molecule has 1 aliphatic heterocycles. The zero-order valence-electron chi connectivity index (χ0n) is 10.7. The van der Waals surface area contributed by atoms with E-state index in [0.717, 1.165) is 12.8 Å². The van der Waals surface area contributed by atoms with Crippen LogP contribution in [0.1, 0.15) is 18.4 Å². The second kappa shape index (κ2) is 6.41. The quantitative estimate of drug-likeness (QED) is 0.926. The zero-order chi connectivity index (χ0) is 13.3. The number of benzene rings is 1. The summed E-state index contributed by atoms with van der Waals surface area (Å²) in [7, 11) is -3.48. The fourth-order valence-corrected chi connectivity index (χ4v) is 4.54. The summed E-state index contributed by atoms with van der Waals surface area (Å²) in [5, 5.41) is 0.472. The summed E-state index contributed by atoms with van der Waals surface area (Å²) in [6, 6.07) is 4.87. The Balaban J connectivity index is 0.00000180. The molecule has 0 radical (unpaired) electrons. The van der Waals surface area contributed by atoms with E-state index < -0.39 is 10.0 Å². The normalized spacial score (nSPS) is 20.3. The molecular formula is C12H18Cl2N2O2S. The van der Waals surface area contributed by atoms with E-state index in [4.69, 9.17) is 17.3 Å². The fraction of sp³-hybridized carbons (Fsp3) is 0.500. The zero-order valence-corrected chi connectivity index (χ0v) is 13.1. The van der Waals surface area contributed by atoms with E-state index in [1.165, 1.54) is 4.31 Å². The number of nitrogens with zero attached hydrogens (tertiary/aromatic N) is 1. The number of nitrogens with two attached hydrogens (primary N) is 1. The predicted molar refractivity (Wildman–Crippen MR) is 79.4 cm³/mol. The Hall–Kier alpha value is -0.330. The lowest BCUT2D eigenvalue weighted by Gasteiger charge is -2.23. The molecule has 0 aromatic heterocycles. The first-order valence-corrected chi connectivity index (χ1v) is 7.77. The van der Waals surface area contributed by atoms with Crippen LogP contribution < -0.4 is 5.73 Å². The van der Waals surface area contributed by atoms with Gasteiger partial charge in [-0.15, -0.1) is 12.4 Å². The maximum atomic E-state index is 12.6. The number of hydrogen-bond acceptors (Lipinski definition) is 3. The third kappa shape index (κ3) is 3.06. The molecule has 4 nitrogen and oxygen atoms in total. The third-order valence-electron chi connectivity index (χ3n) is 3.40. The topological polar surface area (TPSA) is 63.4 Å². The molecule has 1 saturated heterocycles. The SMILES string of the molecule is Cc1c(Cl)cccc1S(=O)(=O)N1CCCC1CN.Cl. The third-order valence-corrected chi connectivity index (χ3v) is 5.91. The average molecular weight is 325 g/mol. The Morgan fingerprint density at radius 1 is 1.47 bits per heavy atom. The molecule has 1 aliphatic rings. The number of rotatable bonds is 3. The van der Waals surface area contributed by atoms with Gasteiger partial charge >= 0.3 is 0 Å². The van der Waals surface area contributed by atoms with Crippen LogP contribution >= 0.6 is 24.0 Å². The minimum atomic E-state index is -3.48. The van der Waals surface area contributed by atoms with E-state index in [0.29, 0.717) is 23.7 Å². The van der Waals surface area contributed by atoms with Crippen LogP contribution in [0.4, 0.5) is 0 Å². The molecule has 2 rings (SSSR count). The van der Waals surface area contributed by atoms with E-state index in [9.17, 15) is 8.42 Å². The van der Waals surface area contributed by atoms with Gasteiger partial charge in [-0.1, -0.05) is 17.7 Å². The van der Waals surface area contributed by atoms with Gasteiger partial charge in [-0.2, -0.15) is 4.31 Å². The fourth-order valence-electron chi connectivity index (χ4n) is 2.35. The first-order valence-electron chi connectivity index (χ1n) is 5.95. The van der Waals surface area contributed by atoms with Crippen molar-refractivity contribution in [2.24, 2.45) is 5.73 Å². The molecule has 2 N–H and O–H groups in total. The van der Waals surface area contributed by atoms with Gasteiger partial charge in [-0.3, -0.25) is 0 Å². The molecule has 0 spiro atoms. The van der Waals surface area contributed by atoms with Crippen LogP contribution in [0.25, 0.3) is 0 Å². The van der Waals surface area contributed by atoms with Gasteiger partial charge in [0.25, 0.3) is 0 Å². The van der Waals surface area contributed by atoms with Crippen molar-refractivity contribution < 1.29 is 8.42 Å². The Morgan fingerprint density at radius 2 is 2.16 bits per heavy atom. The average Bonchev–Trinajstić information content (AvgIpc) is 2.81. The maximum Gasteiger partial charge on any atom is 0.243 e. The highest BCUT2D eigenvalue weighted by Crippen LogP contribution is 2.29. The van der Waals surface area contributed by atoms with Gasteiger partial charge in [0.1, 0.15) is 0 Å². The molecule has 1 fully saturated rings. The van der Waals surface area contributed by atoms with Crippen molar-refractivity contribution in [1.82, 2.24) is 4.31 Å². The molecule has 1 unspecified atom stereocenters. The molecule has 0 amide bonds. The molecule has 1 aromatic carbocycles. The molecule has 1 heterocycles. The van der Waals surface area contributed by atoms with E-state index >= 15 is 0 Å². The van der Waals surface area contributed by atoms with Gasteiger partial charge in [-0.25, -0.2) is 8.42 Å².